The average molecular weight is 354 g/mol. The number of aromatic hydroxyl groups is 1. The summed E-state index contributed by atoms with van der Waals surface area (Å²) in [5.74, 6) is -0.371. The van der Waals surface area contributed by atoms with Crippen molar-refractivity contribution in [2.24, 2.45) is 0 Å². The number of hydrogen-bond donors (Lipinski definition) is 3. The summed E-state index contributed by atoms with van der Waals surface area (Å²) in [7, 11) is 0. The molecule has 3 rings (SSSR count). The Labute approximate surface area is 149 Å². The van der Waals surface area contributed by atoms with Crippen molar-refractivity contribution in [3.8, 4) is 5.75 Å². The topological polar surface area (TPSA) is 82.2 Å². The second-order valence-electron chi connectivity index (χ2n) is 6.08. The Morgan fingerprint density at radius 1 is 1.08 bits per heavy atom. The van der Waals surface area contributed by atoms with Gasteiger partial charge in [-0.2, -0.15) is 0 Å². The summed E-state index contributed by atoms with van der Waals surface area (Å²) in [6.07, 6.45) is 1.00. The van der Waals surface area contributed by atoms with Crippen LogP contribution in [0.3, 0.4) is 0 Å². The van der Waals surface area contributed by atoms with Gasteiger partial charge in [-0.15, -0.1) is 0 Å². The number of rotatable bonds is 6. The minimum absolute atomic E-state index is 0.168. The van der Waals surface area contributed by atoms with Crippen LogP contribution in [0.4, 0.5) is 4.39 Å². The van der Waals surface area contributed by atoms with Gasteiger partial charge >= 0.3 is 0 Å². The highest BCUT2D eigenvalue weighted by Gasteiger charge is 2.08. The smallest absolute Gasteiger partial charge is 0.251 e. The van der Waals surface area contributed by atoms with E-state index in [9.17, 15) is 19.1 Å². The molecular formula is C20H19FN2O3. The summed E-state index contributed by atoms with van der Waals surface area (Å²) in [6, 6.07) is 12.9. The Morgan fingerprint density at radius 2 is 1.88 bits per heavy atom. The highest BCUT2D eigenvalue weighted by atomic mass is 19.1. The maximum atomic E-state index is 13.2. The Hall–Kier alpha value is -3.15. The molecule has 0 aliphatic heterocycles. The molecule has 0 atom stereocenters. The van der Waals surface area contributed by atoms with Gasteiger partial charge < -0.3 is 15.4 Å². The zero-order valence-electron chi connectivity index (χ0n) is 14.1. The highest BCUT2D eigenvalue weighted by Crippen LogP contribution is 2.15. The number of aryl methyl sites for hydroxylation is 1. The number of phenols is 1. The number of carbonyl (C=O) groups excluding carboxylic acids is 1. The summed E-state index contributed by atoms with van der Waals surface area (Å²) in [6.45, 7) is 0.407. The fourth-order valence-corrected chi connectivity index (χ4v) is 2.80. The molecule has 0 saturated heterocycles. The number of aromatic nitrogens is 1. The third-order valence-corrected chi connectivity index (χ3v) is 4.21. The van der Waals surface area contributed by atoms with E-state index < -0.39 is 5.82 Å². The lowest BCUT2D eigenvalue weighted by Gasteiger charge is -2.07. The number of amides is 1. The number of fused-ring (bicyclic) bond motifs is 1. The molecule has 3 aromatic rings. The maximum Gasteiger partial charge on any atom is 0.251 e. The summed E-state index contributed by atoms with van der Waals surface area (Å²) in [5, 5.41) is 13.2. The molecule has 134 valence electrons. The lowest BCUT2D eigenvalue weighted by atomic mass is 10.1. The molecule has 0 saturated carbocycles. The van der Waals surface area contributed by atoms with Crippen LogP contribution in [0.15, 0.2) is 53.3 Å². The largest absolute Gasteiger partial charge is 0.508 e. The molecule has 0 aliphatic rings. The predicted octanol–water partition coefficient (Wildman–Crippen LogP) is 2.66. The first kappa shape index (κ1) is 17.7. The maximum absolute atomic E-state index is 13.2. The third kappa shape index (κ3) is 4.27. The van der Waals surface area contributed by atoms with Crippen molar-refractivity contribution in [1.29, 1.82) is 0 Å². The van der Waals surface area contributed by atoms with Gasteiger partial charge in [0.25, 0.3) is 5.56 Å². The summed E-state index contributed by atoms with van der Waals surface area (Å²) in [4.78, 5) is 26.7. The molecule has 1 heterocycles. The van der Waals surface area contributed by atoms with Crippen LogP contribution in [0.2, 0.25) is 0 Å². The molecule has 0 fully saturated rings. The van der Waals surface area contributed by atoms with Gasteiger partial charge in [0.2, 0.25) is 5.91 Å². The van der Waals surface area contributed by atoms with Crippen LogP contribution in [-0.4, -0.2) is 22.5 Å². The van der Waals surface area contributed by atoms with Gasteiger partial charge in [0, 0.05) is 18.5 Å². The number of pyridine rings is 1. The fourth-order valence-electron chi connectivity index (χ4n) is 2.80. The van der Waals surface area contributed by atoms with Crippen LogP contribution >= 0.6 is 0 Å². The number of benzene rings is 2. The second kappa shape index (κ2) is 7.82. The van der Waals surface area contributed by atoms with Crippen LogP contribution in [-0.2, 0) is 17.6 Å². The second-order valence-corrected chi connectivity index (χ2v) is 6.08. The van der Waals surface area contributed by atoms with Gasteiger partial charge in [-0.05, 0) is 54.1 Å². The van der Waals surface area contributed by atoms with Crippen molar-refractivity contribution in [2.75, 3.05) is 6.54 Å². The predicted molar refractivity (Wildman–Crippen MR) is 97.7 cm³/mol. The summed E-state index contributed by atoms with van der Waals surface area (Å²) >= 11 is 0. The van der Waals surface area contributed by atoms with E-state index >= 15 is 0 Å². The minimum atomic E-state index is -0.412. The lowest BCUT2D eigenvalue weighted by molar-refractivity contribution is -0.121. The first-order chi connectivity index (χ1) is 12.5. The van der Waals surface area contributed by atoms with Crippen molar-refractivity contribution >= 4 is 16.8 Å². The minimum Gasteiger partial charge on any atom is -0.508 e. The number of para-hydroxylation sites is 1. The van der Waals surface area contributed by atoms with Gasteiger partial charge in [0.15, 0.2) is 0 Å². The van der Waals surface area contributed by atoms with Crippen molar-refractivity contribution in [2.45, 2.75) is 19.3 Å². The molecule has 0 spiro atoms. The molecule has 1 aromatic heterocycles. The van der Waals surface area contributed by atoms with E-state index in [1.54, 1.807) is 30.3 Å². The van der Waals surface area contributed by atoms with Crippen molar-refractivity contribution in [1.82, 2.24) is 10.3 Å². The van der Waals surface area contributed by atoms with Crippen LogP contribution in [0.25, 0.3) is 10.9 Å². The van der Waals surface area contributed by atoms with Crippen molar-refractivity contribution in [3.05, 3.63) is 75.8 Å². The zero-order chi connectivity index (χ0) is 18.5. The molecule has 0 radical (unpaired) electrons. The molecule has 0 unspecified atom stereocenters. The van der Waals surface area contributed by atoms with Crippen LogP contribution in [0, 0.1) is 5.82 Å². The Bertz CT molecular complexity index is 998. The number of H-pyrrole nitrogens is 1. The van der Waals surface area contributed by atoms with Gasteiger partial charge in [-0.3, -0.25) is 9.59 Å². The fraction of sp³-hybridized carbons (Fsp3) is 0.200. The standard InChI is InChI=1S/C20H19FN2O3/c21-16-7-5-14-11-15(20(26)23-17(14)12-16)6-8-19(25)22-10-9-13-3-1-2-4-18(13)24/h1-5,7,11-12,24H,6,8-10H2,(H,22,25)(H,23,26). The normalized spacial score (nSPS) is 10.8. The molecule has 0 bridgehead atoms. The van der Waals surface area contributed by atoms with E-state index in [1.165, 1.54) is 12.1 Å². The first-order valence-electron chi connectivity index (χ1n) is 8.38. The lowest BCUT2D eigenvalue weighted by Crippen LogP contribution is -2.26. The van der Waals surface area contributed by atoms with Gasteiger partial charge in [0.05, 0.1) is 5.52 Å². The Morgan fingerprint density at radius 3 is 2.69 bits per heavy atom. The molecule has 5 nitrogen and oxygen atoms in total. The molecular weight excluding hydrogens is 335 g/mol. The van der Waals surface area contributed by atoms with Crippen molar-refractivity contribution in [3.63, 3.8) is 0 Å². The van der Waals surface area contributed by atoms with E-state index in [-0.39, 0.29) is 23.6 Å². The highest BCUT2D eigenvalue weighted by molar-refractivity contribution is 5.79. The molecule has 26 heavy (non-hydrogen) atoms. The zero-order valence-corrected chi connectivity index (χ0v) is 14.1. The van der Waals surface area contributed by atoms with E-state index in [0.717, 1.165) is 10.9 Å². The molecule has 2 aromatic carbocycles. The van der Waals surface area contributed by atoms with Gasteiger partial charge in [-0.25, -0.2) is 4.39 Å². The van der Waals surface area contributed by atoms with E-state index in [1.807, 2.05) is 6.07 Å². The molecule has 1 amide bonds. The number of carbonyl (C=O) groups is 1. The number of hydrogen-bond acceptors (Lipinski definition) is 3. The van der Waals surface area contributed by atoms with E-state index in [0.29, 0.717) is 30.5 Å². The van der Waals surface area contributed by atoms with Gasteiger partial charge in [-0.1, -0.05) is 18.2 Å². The summed E-state index contributed by atoms with van der Waals surface area (Å²) < 4.78 is 13.2. The SMILES string of the molecule is O=C(CCc1cc2ccc(F)cc2[nH]c1=O)NCCc1ccccc1O. The number of phenolic OH excluding ortho intramolecular Hbond substituents is 1. The number of nitrogens with one attached hydrogen (secondary N) is 2. The Kier molecular flexibility index (Phi) is 5.31. The van der Waals surface area contributed by atoms with Crippen molar-refractivity contribution < 1.29 is 14.3 Å². The van der Waals surface area contributed by atoms with Crippen LogP contribution in [0.1, 0.15) is 17.5 Å². The first-order valence-corrected chi connectivity index (χ1v) is 8.38. The van der Waals surface area contributed by atoms with Crippen LogP contribution in [0.5, 0.6) is 5.75 Å². The summed E-state index contributed by atoms with van der Waals surface area (Å²) in [5.41, 5.74) is 1.38. The number of halogens is 1. The molecule has 3 N–H and O–H groups in total. The quantitative estimate of drug-likeness (QED) is 0.636. The number of aromatic amines is 1. The van der Waals surface area contributed by atoms with E-state index in [2.05, 4.69) is 10.3 Å². The van der Waals surface area contributed by atoms with E-state index in [4.69, 9.17) is 0 Å². The monoisotopic (exact) mass is 354 g/mol. The molecule has 0 aliphatic carbocycles. The van der Waals surface area contributed by atoms with Crippen LogP contribution < -0.4 is 10.9 Å². The molecule has 6 heteroatoms. The van der Waals surface area contributed by atoms with Gasteiger partial charge in [0.1, 0.15) is 11.6 Å². The average Bonchev–Trinajstić information content (AvgIpc) is 2.61. The Balaban J connectivity index is 1.55. The third-order valence-electron chi connectivity index (χ3n) is 4.21.